The molecule has 26 heavy (non-hydrogen) atoms. The summed E-state index contributed by atoms with van der Waals surface area (Å²) in [6, 6.07) is 17.2. The van der Waals surface area contributed by atoms with E-state index in [2.05, 4.69) is 10.6 Å². The van der Waals surface area contributed by atoms with Gasteiger partial charge in [-0.15, -0.1) is 0 Å². The van der Waals surface area contributed by atoms with Crippen LogP contribution in [0.3, 0.4) is 0 Å². The van der Waals surface area contributed by atoms with Gasteiger partial charge in [-0.05, 0) is 29.2 Å². The number of carbonyl (C=O) groups is 2. The molecule has 138 valence electrons. The molecule has 0 aliphatic rings. The van der Waals surface area contributed by atoms with Crippen LogP contribution < -0.4 is 10.6 Å². The summed E-state index contributed by atoms with van der Waals surface area (Å²) in [5, 5.41) is 5.53. The van der Waals surface area contributed by atoms with Crippen molar-refractivity contribution in [1.29, 1.82) is 0 Å². The van der Waals surface area contributed by atoms with Crippen molar-refractivity contribution in [3.8, 4) is 11.1 Å². The fourth-order valence-electron chi connectivity index (χ4n) is 2.55. The third-order valence-electron chi connectivity index (χ3n) is 4.16. The van der Waals surface area contributed by atoms with Gasteiger partial charge in [-0.2, -0.15) is 0 Å². The highest BCUT2D eigenvalue weighted by molar-refractivity contribution is 5.96. The van der Waals surface area contributed by atoms with Crippen LogP contribution in [0.25, 0.3) is 11.1 Å². The van der Waals surface area contributed by atoms with E-state index in [0.717, 1.165) is 11.1 Å². The Kier molecular flexibility index (Phi) is 7.36. The van der Waals surface area contributed by atoms with Crippen LogP contribution in [0.1, 0.15) is 24.2 Å². The van der Waals surface area contributed by atoms with Crippen molar-refractivity contribution in [2.75, 3.05) is 20.3 Å². The molecule has 0 aliphatic heterocycles. The Morgan fingerprint density at radius 2 is 1.58 bits per heavy atom. The van der Waals surface area contributed by atoms with Gasteiger partial charge in [0.2, 0.25) is 5.91 Å². The molecule has 0 radical (unpaired) electrons. The predicted molar refractivity (Wildman–Crippen MR) is 103 cm³/mol. The van der Waals surface area contributed by atoms with Crippen molar-refractivity contribution in [2.45, 2.75) is 19.9 Å². The lowest BCUT2D eigenvalue weighted by molar-refractivity contribution is -0.121. The molecule has 0 heterocycles. The lowest BCUT2D eigenvalue weighted by Gasteiger charge is -2.21. The third kappa shape index (κ3) is 5.70. The van der Waals surface area contributed by atoms with E-state index >= 15 is 0 Å². The molecule has 2 amide bonds. The highest BCUT2D eigenvalue weighted by Crippen LogP contribution is 2.19. The summed E-state index contributed by atoms with van der Waals surface area (Å²) in [7, 11) is 1.60. The van der Waals surface area contributed by atoms with Gasteiger partial charge in [-0.3, -0.25) is 9.59 Å². The molecule has 0 unspecified atom stereocenters. The Bertz CT molecular complexity index is 712. The van der Waals surface area contributed by atoms with Crippen LogP contribution in [-0.2, 0) is 9.53 Å². The highest BCUT2D eigenvalue weighted by Gasteiger charge is 2.16. The molecule has 0 aliphatic carbocycles. The van der Waals surface area contributed by atoms with E-state index in [1.807, 2.05) is 56.3 Å². The maximum atomic E-state index is 12.2. The molecular formula is C21H26N2O3. The van der Waals surface area contributed by atoms with E-state index in [4.69, 9.17) is 4.74 Å². The van der Waals surface area contributed by atoms with E-state index in [1.54, 1.807) is 19.2 Å². The van der Waals surface area contributed by atoms with Crippen molar-refractivity contribution >= 4 is 11.8 Å². The van der Waals surface area contributed by atoms with Gasteiger partial charge in [0.05, 0.1) is 19.2 Å². The predicted octanol–water partition coefficient (Wildman–Crippen LogP) is 2.87. The normalized spacial score (nSPS) is 11.8. The Morgan fingerprint density at radius 1 is 0.962 bits per heavy atom. The van der Waals surface area contributed by atoms with Crippen molar-refractivity contribution in [1.82, 2.24) is 10.6 Å². The molecule has 0 aromatic heterocycles. The van der Waals surface area contributed by atoms with Crippen LogP contribution in [0.4, 0.5) is 0 Å². The molecule has 2 aromatic rings. The molecule has 2 aromatic carbocycles. The van der Waals surface area contributed by atoms with Gasteiger partial charge in [0.25, 0.3) is 5.91 Å². The van der Waals surface area contributed by atoms with E-state index in [9.17, 15) is 9.59 Å². The summed E-state index contributed by atoms with van der Waals surface area (Å²) >= 11 is 0. The fraction of sp³-hybridized carbons (Fsp3) is 0.333. The van der Waals surface area contributed by atoms with Gasteiger partial charge in [-0.1, -0.05) is 56.3 Å². The largest absolute Gasteiger partial charge is 0.383 e. The number of rotatable bonds is 8. The summed E-state index contributed by atoms with van der Waals surface area (Å²) in [5.41, 5.74) is 2.66. The maximum absolute atomic E-state index is 12.2. The zero-order valence-electron chi connectivity index (χ0n) is 15.5. The van der Waals surface area contributed by atoms with Gasteiger partial charge in [0.15, 0.2) is 0 Å². The van der Waals surface area contributed by atoms with E-state index in [-0.39, 0.29) is 30.3 Å². The number of hydrogen-bond acceptors (Lipinski definition) is 3. The number of carbonyl (C=O) groups excluding carboxylic acids is 2. The van der Waals surface area contributed by atoms with Crippen molar-refractivity contribution in [2.24, 2.45) is 5.92 Å². The van der Waals surface area contributed by atoms with Gasteiger partial charge in [-0.25, -0.2) is 0 Å². The number of hydrogen-bond donors (Lipinski definition) is 2. The second-order valence-corrected chi connectivity index (χ2v) is 6.50. The number of amides is 2. The van der Waals surface area contributed by atoms with Crippen LogP contribution in [0, 0.1) is 5.92 Å². The Labute approximate surface area is 154 Å². The maximum Gasteiger partial charge on any atom is 0.251 e. The molecule has 0 bridgehead atoms. The molecule has 5 nitrogen and oxygen atoms in total. The molecular weight excluding hydrogens is 328 g/mol. The summed E-state index contributed by atoms with van der Waals surface area (Å²) in [5.74, 6) is -0.247. The number of ether oxygens (including phenoxy) is 1. The monoisotopic (exact) mass is 354 g/mol. The first-order valence-corrected chi connectivity index (χ1v) is 8.73. The summed E-state index contributed by atoms with van der Waals surface area (Å²) in [6.07, 6.45) is 0. The van der Waals surface area contributed by atoms with Crippen LogP contribution in [0.2, 0.25) is 0 Å². The topological polar surface area (TPSA) is 67.4 Å². The lowest BCUT2D eigenvalue weighted by atomic mass is 10.0. The van der Waals surface area contributed by atoms with Crippen molar-refractivity contribution in [3.63, 3.8) is 0 Å². The first-order valence-electron chi connectivity index (χ1n) is 8.73. The molecule has 5 heteroatoms. The molecule has 0 fully saturated rings. The van der Waals surface area contributed by atoms with E-state index < -0.39 is 0 Å². The zero-order chi connectivity index (χ0) is 18.9. The summed E-state index contributed by atoms with van der Waals surface area (Å²) < 4.78 is 5.11. The standard InChI is InChI=1S/C21H26N2O3/c1-15(2)19(14-26-3)23-20(24)13-22-21(25)18-11-9-17(10-12-18)16-7-5-4-6-8-16/h4-12,15,19H,13-14H2,1-3H3,(H,22,25)(H,23,24)/t19-/m1/s1. The molecule has 0 spiro atoms. The smallest absolute Gasteiger partial charge is 0.251 e. The second kappa shape index (κ2) is 9.73. The molecule has 0 saturated heterocycles. The highest BCUT2D eigenvalue weighted by atomic mass is 16.5. The Morgan fingerprint density at radius 3 is 2.15 bits per heavy atom. The van der Waals surface area contributed by atoms with Crippen LogP contribution in [0.5, 0.6) is 0 Å². The molecule has 2 N–H and O–H groups in total. The van der Waals surface area contributed by atoms with Gasteiger partial charge in [0.1, 0.15) is 0 Å². The van der Waals surface area contributed by atoms with Crippen molar-refractivity contribution in [3.05, 3.63) is 60.2 Å². The number of nitrogens with one attached hydrogen (secondary N) is 2. The van der Waals surface area contributed by atoms with Gasteiger partial charge < -0.3 is 15.4 Å². The Hall–Kier alpha value is -2.66. The quantitative estimate of drug-likeness (QED) is 0.766. The minimum absolute atomic E-state index is 0.0633. The minimum atomic E-state index is -0.271. The fourth-order valence-corrected chi connectivity index (χ4v) is 2.55. The van der Waals surface area contributed by atoms with Crippen LogP contribution in [-0.4, -0.2) is 38.1 Å². The third-order valence-corrected chi connectivity index (χ3v) is 4.16. The van der Waals surface area contributed by atoms with Gasteiger partial charge in [0, 0.05) is 12.7 Å². The first kappa shape index (κ1) is 19.7. The number of benzene rings is 2. The van der Waals surface area contributed by atoms with Crippen molar-refractivity contribution < 1.29 is 14.3 Å². The summed E-state index contributed by atoms with van der Waals surface area (Å²) in [6.45, 7) is 4.40. The lowest BCUT2D eigenvalue weighted by Crippen LogP contribution is -2.46. The summed E-state index contributed by atoms with van der Waals surface area (Å²) in [4.78, 5) is 24.3. The SMILES string of the molecule is COC[C@@H](NC(=O)CNC(=O)c1ccc(-c2ccccc2)cc1)C(C)C. The van der Waals surface area contributed by atoms with Gasteiger partial charge >= 0.3 is 0 Å². The van der Waals surface area contributed by atoms with E-state index in [0.29, 0.717) is 12.2 Å². The molecule has 1 atom stereocenters. The zero-order valence-corrected chi connectivity index (χ0v) is 15.5. The molecule has 2 rings (SSSR count). The van der Waals surface area contributed by atoms with Crippen LogP contribution >= 0.6 is 0 Å². The van der Waals surface area contributed by atoms with Crippen LogP contribution in [0.15, 0.2) is 54.6 Å². The second-order valence-electron chi connectivity index (χ2n) is 6.50. The molecule has 0 saturated carbocycles. The average molecular weight is 354 g/mol. The first-order chi connectivity index (χ1) is 12.5. The van der Waals surface area contributed by atoms with E-state index in [1.165, 1.54) is 0 Å². The number of methoxy groups -OCH3 is 1. The Balaban J connectivity index is 1.88. The average Bonchev–Trinajstić information content (AvgIpc) is 2.66. The minimum Gasteiger partial charge on any atom is -0.383 e.